The SMILES string of the molecule is C[C@H](N)c1nc2ccn(C)c2cc1-c1ccn[nH]1.Cl. The summed E-state index contributed by atoms with van der Waals surface area (Å²) >= 11 is 0. The number of nitrogens with one attached hydrogen (secondary N) is 1. The topological polar surface area (TPSA) is 72.5 Å². The molecule has 0 saturated carbocycles. The van der Waals surface area contributed by atoms with Gasteiger partial charge in [0.05, 0.1) is 22.4 Å². The van der Waals surface area contributed by atoms with Crippen molar-refractivity contribution < 1.29 is 0 Å². The molecule has 19 heavy (non-hydrogen) atoms. The fraction of sp³-hybridized carbons (Fsp3) is 0.231. The molecule has 3 aromatic heterocycles. The van der Waals surface area contributed by atoms with Gasteiger partial charge in [-0.25, -0.2) is 4.98 Å². The number of rotatable bonds is 2. The number of halogens is 1. The maximum atomic E-state index is 6.01. The molecule has 0 fully saturated rings. The first kappa shape index (κ1) is 13.6. The molecule has 0 aliphatic rings. The lowest BCUT2D eigenvalue weighted by atomic mass is 10.1. The molecule has 0 amide bonds. The highest BCUT2D eigenvalue weighted by molar-refractivity contribution is 5.85. The first-order chi connectivity index (χ1) is 8.66. The highest BCUT2D eigenvalue weighted by Crippen LogP contribution is 2.28. The van der Waals surface area contributed by atoms with Gasteiger partial charge in [0.1, 0.15) is 0 Å². The monoisotopic (exact) mass is 277 g/mol. The molecule has 100 valence electrons. The van der Waals surface area contributed by atoms with Crippen molar-refractivity contribution in [2.45, 2.75) is 13.0 Å². The fourth-order valence-electron chi connectivity index (χ4n) is 2.17. The van der Waals surface area contributed by atoms with Gasteiger partial charge in [-0.1, -0.05) is 0 Å². The van der Waals surface area contributed by atoms with Gasteiger partial charge in [-0.05, 0) is 25.1 Å². The average Bonchev–Trinajstić information content (AvgIpc) is 2.98. The number of aromatic amines is 1. The second-order valence-electron chi connectivity index (χ2n) is 4.51. The van der Waals surface area contributed by atoms with Crippen LogP contribution in [0.2, 0.25) is 0 Å². The van der Waals surface area contributed by atoms with Gasteiger partial charge in [0, 0.05) is 31.0 Å². The van der Waals surface area contributed by atoms with Gasteiger partial charge >= 0.3 is 0 Å². The molecule has 0 aliphatic heterocycles. The van der Waals surface area contributed by atoms with Gasteiger partial charge in [-0.3, -0.25) is 5.10 Å². The summed E-state index contributed by atoms with van der Waals surface area (Å²) in [5.74, 6) is 0. The first-order valence-corrected chi connectivity index (χ1v) is 5.88. The van der Waals surface area contributed by atoms with Crippen molar-refractivity contribution in [3.63, 3.8) is 0 Å². The zero-order valence-corrected chi connectivity index (χ0v) is 11.6. The molecule has 3 aromatic rings. The molecule has 1 atom stereocenters. The molecule has 0 bridgehead atoms. The highest BCUT2D eigenvalue weighted by Gasteiger charge is 2.14. The Morgan fingerprint density at radius 1 is 1.37 bits per heavy atom. The first-order valence-electron chi connectivity index (χ1n) is 5.88. The van der Waals surface area contributed by atoms with Crippen LogP contribution in [0.1, 0.15) is 18.7 Å². The van der Waals surface area contributed by atoms with Crippen LogP contribution in [0.4, 0.5) is 0 Å². The Labute approximate surface area is 117 Å². The molecular weight excluding hydrogens is 262 g/mol. The van der Waals surface area contributed by atoms with E-state index >= 15 is 0 Å². The maximum absolute atomic E-state index is 6.01. The summed E-state index contributed by atoms with van der Waals surface area (Å²) < 4.78 is 2.05. The second-order valence-corrected chi connectivity index (χ2v) is 4.51. The molecule has 0 unspecified atom stereocenters. The summed E-state index contributed by atoms with van der Waals surface area (Å²) in [7, 11) is 2.01. The zero-order valence-electron chi connectivity index (χ0n) is 10.8. The van der Waals surface area contributed by atoms with E-state index < -0.39 is 0 Å². The quantitative estimate of drug-likeness (QED) is 0.755. The van der Waals surface area contributed by atoms with E-state index in [1.54, 1.807) is 6.20 Å². The standard InChI is InChI=1S/C13H15N5.ClH/c1-8(14)13-9(10-3-5-15-17-10)7-12-11(16-13)4-6-18(12)2;/h3-8H,14H2,1-2H3,(H,15,17);1H/t8-;/m0./s1. The number of hydrogen-bond acceptors (Lipinski definition) is 3. The minimum atomic E-state index is -0.118. The summed E-state index contributed by atoms with van der Waals surface area (Å²) in [5.41, 5.74) is 10.9. The molecule has 3 N–H and O–H groups in total. The van der Waals surface area contributed by atoms with Crippen LogP contribution >= 0.6 is 12.4 Å². The van der Waals surface area contributed by atoms with Crippen molar-refractivity contribution in [1.29, 1.82) is 0 Å². The lowest BCUT2D eigenvalue weighted by Crippen LogP contribution is -2.09. The van der Waals surface area contributed by atoms with Crippen LogP contribution < -0.4 is 5.73 Å². The lowest BCUT2D eigenvalue weighted by molar-refractivity contribution is 0.788. The van der Waals surface area contributed by atoms with E-state index in [0.29, 0.717) is 0 Å². The Hall–Kier alpha value is -1.85. The van der Waals surface area contributed by atoms with Crippen LogP contribution in [0.5, 0.6) is 0 Å². The van der Waals surface area contributed by atoms with E-state index in [1.807, 2.05) is 36.9 Å². The van der Waals surface area contributed by atoms with E-state index in [-0.39, 0.29) is 18.4 Å². The predicted molar refractivity (Wildman–Crippen MR) is 78.1 cm³/mol. The van der Waals surface area contributed by atoms with E-state index in [0.717, 1.165) is 28.0 Å². The van der Waals surface area contributed by atoms with Crippen LogP contribution in [0.25, 0.3) is 22.3 Å². The Kier molecular flexibility index (Phi) is 3.59. The number of aromatic nitrogens is 4. The van der Waals surface area contributed by atoms with E-state index in [2.05, 4.69) is 21.2 Å². The molecule has 0 radical (unpaired) electrons. The Morgan fingerprint density at radius 3 is 2.79 bits per heavy atom. The lowest BCUT2D eigenvalue weighted by Gasteiger charge is -2.11. The molecule has 3 rings (SSSR count). The van der Waals surface area contributed by atoms with Crippen molar-refractivity contribution >= 4 is 23.4 Å². The second kappa shape index (κ2) is 5.03. The molecule has 6 heteroatoms. The summed E-state index contributed by atoms with van der Waals surface area (Å²) in [6.07, 6.45) is 3.73. The maximum Gasteiger partial charge on any atom is 0.0885 e. The molecule has 5 nitrogen and oxygen atoms in total. The number of nitrogens with two attached hydrogens (primary N) is 1. The van der Waals surface area contributed by atoms with Crippen LogP contribution in [0, 0.1) is 0 Å². The zero-order chi connectivity index (χ0) is 12.7. The molecular formula is C13H16ClN5. The van der Waals surface area contributed by atoms with Gasteiger partial charge in [0.25, 0.3) is 0 Å². The summed E-state index contributed by atoms with van der Waals surface area (Å²) in [6, 6.07) is 5.91. The van der Waals surface area contributed by atoms with E-state index in [4.69, 9.17) is 5.73 Å². The minimum Gasteiger partial charge on any atom is -0.349 e. The Morgan fingerprint density at radius 2 is 2.16 bits per heavy atom. The van der Waals surface area contributed by atoms with Gasteiger partial charge in [-0.15, -0.1) is 12.4 Å². The molecule has 0 aliphatic carbocycles. The number of H-pyrrole nitrogens is 1. The van der Waals surface area contributed by atoms with Gasteiger partial charge < -0.3 is 10.3 Å². The number of pyridine rings is 1. The summed E-state index contributed by atoms with van der Waals surface area (Å²) in [6.45, 7) is 1.94. The largest absolute Gasteiger partial charge is 0.349 e. The molecule has 0 saturated heterocycles. The third-order valence-electron chi connectivity index (χ3n) is 3.12. The molecule has 0 spiro atoms. The van der Waals surface area contributed by atoms with Crippen LogP contribution in [-0.2, 0) is 7.05 Å². The van der Waals surface area contributed by atoms with E-state index in [9.17, 15) is 0 Å². The number of fused-ring (bicyclic) bond motifs is 1. The number of nitrogens with zero attached hydrogens (tertiary/aromatic N) is 3. The van der Waals surface area contributed by atoms with Gasteiger partial charge in [0.15, 0.2) is 0 Å². The normalized spacial score (nSPS) is 12.4. The van der Waals surface area contributed by atoms with Crippen molar-refractivity contribution in [2.75, 3.05) is 0 Å². The predicted octanol–water partition coefficient (Wildman–Crippen LogP) is 2.40. The fourth-order valence-corrected chi connectivity index (χ4v) is 2.17. The summed E-state index contributed by atoms with van der Waals surface area (Å²) in [5, 5.41) is 6.96. The highest BCUT2D eigenvalue weighted by atomic mass is 35.5. The van der Waals surface area contributed by atoms with Crippen LogP contribution in [-0.4, -0.2) is 19.7 Å². The number of hydrogen-bond donors (Lipinski definition) is 2. The van der Waals surface area contributed by atoms with Crippen molar-refractivity contribution in [2.24, 2.45) is 12.8 Å². The Bertz CT molecular complexity index is 684. The van der Waals surface area contributed by atoms with Crippen molar-refractivity contribution in [3.05, 3.63) is 36.3 Å². The number of aryl methyl sites for hydroxylation is 1. The van der Waals surface area contributed by atoms with Crippen LogP contribution in [0.15, 0.2) is 30.6 Å². The van der Waals surface area contributed by atoms with Crippen molar-refractivity contribution in [1.82, 2.24) is 19.7 Å². The van der Waals surface area contributed by atoms with Crippen molar-refractivity contribution in [3.8, 4) is 11.3 Å². The van der Waals surface area contributed by atoms with Gasteiger partial charge in [-0.2, -0.15) is 5.10 Å². The third kappa shape index (κ3) is 2.22. The summed E-state index contributed by atoms with van der Waals surface area (Å²) in [4.78, 5) is 4.66. The van der Waals surface area contributed by atoms with Gasteiger partial charge in [0.2, 0.25) is 0 Å². The average molecular weight is 278 g/mol. The van der Waals surface area contributed by atoms with E-state index in [1.165, 1.54) is 0 Å². The Balaban J connectivity index is 0.00000133. The molecule has 3 heterocycles. The van der Waals surface area contributed by atoms with Crippen LogP contribution in [0.3, 0.4) is 0 Å². The minimum absolute atomic E-state index is 0. The smallest absolute Gasteiger partial charge is 0.0885 e. The third-order valence-corrected chi connectivity index (χ3v) is 3.12. The molecule has 0 aromatic carbocycles.